The van der Waals surface area contributed by atoms with E-state index in [0.29, 0.717) is 11.1 Å². The number of pyridine rings is 2. The second-order valence-corrected chi connectivity index (χ2v) is 7.53. The first-order valence-electron chi connectivity index (χ1n) is 8.85. The summed E-state index contributed by atoms with van der Waals surface area (Å²) in [6.07, 6.45) is 3.99. The SMILES string of the molecule is N#Cc1cc(C(c2cccs2)c2cc(C#N)c3ccccn23)n2ccccc12. The maximum absolute atomic E-state index is 9.64. The Balaban J connectivity index is 1.87. The highest BCUT2D eigenvalue weighted by molar-refractivity contribution is 7.10. The molecule has 0 saturated carbocycles. The molecule has 28 heavy (non-hydrogen) atoms. The zero-order chi connectivity index (χ0) is 19.1. The highest BCUT2D eigenvalue weighted by atomic mass is 32.1. The van der Waals surface area contributed by atoms with Crippen LogP contribution in [0.3, 0.4) is 0 Å². The molecule has 5 heterocycles. The monoisotopic (exact) mass is 378 g/mol. The second-order valence-electron chi connectivity index (χ2n) is 6.55. The highest BCUT2D eigenvalue weighted by Gasteiger charge is 2.26. The third kappa shape index (κ3) is 2.35. The van der Waals surface area contributed by atoms with Gasteiger partial charge in [0.05, 0.1) is 28.1 Å². The maximum atomic E-state index is 9.64. The molecule has 0 bridgehead atoms. The fraction of sp³-hybridized carbons (Fsp3) is 0.0435. The quantitative estimate of drug-likeness (QED) is 0.434. The smallest absolute Gasteiger partial charge is 0.101 e. The Kier molecular flexibility index (Phi) is 3.76. The number of nitriles is 2. The molecule has 5 rings (SSSR count). The van der Waals surface area contributed by atoms with Gasteiger partial charge >= 0.3 is 0 Å². The van der Waals surface area contributed by atoms with Gasteiger partial charge in [0, 0.05) is 28.7 Å². The fourth-order valence-corrected chi connectivity index (χ4v) is 4.73. The van der Waals surface area contributed by atoms with Gasteiger partial charge < -0.3 is 8.80 Å². The van der Waals surface area contributed by atoms with Gasteiger partial charge in [-0.05, 0) is 47.8 Å². The Labute approximate surface area is 165 Å². The molecule has 0 aliphatic carbocycles. The number of nitrogens with zero attached hydrogens (tertiary/aromatic N) is 4. The van der Waals surface area contributed by atoms with E-state index in [1.165, 1.54) is 4.88 Å². The zero-order valence-electron chi connectivity index (χ0n) is 14.8. The lowest BCUT2D eigenvalue weighted by atomic mass is 9.98. The molecule has 0 radical (unpaired) electrons. The van der Waals surface area contributed by atoms with Crippen LogP contribution in [0.4, 0.5) is 0 Å². The van der Waals surface area contributed by atoms with E-state index in [1.807, 2.05) is 67.0 Å². The van der Waals surface area contributed by atoms with Crippen LogP contribution in [-0.2, 0) is 0 Å². The van der Waals surface area contributed by atoms with Crippen LogP contribution in [-0.4, -0.2) is 8.80 Å². The number of hydrogen-bond acceptors (Lipinski definition) is 3. The van der Waals surface area contributed by atoms with E-state index in [-0.39, 0.29) is 5.92 Å². The first-order chi connectivity index (χ1) is 13.8. The molecule has 0 N–H and O–H groups in total. The van der Waals surface area contributed by atoms with Gasteiger partial charge in [-0.15, -0.1) is 11.3 Å². The molecule has 0 saturated heterocycles. The van der Waals surface area contributed by atoms with Crippen LogP contribution in [0.25, 0.3) is 11.0 Å². The van der Waals surface area contributed by atoms with Crippen molar-refractivity contribution in [2.45, 2.75) is 5.92 Å². The molecular weight excluding hydrogens is 364 g/mol. The first-order valence-corrected chi connectivity index (χ1v) is 9.73. The van der Waals surface area contributed by atoms with E-state index in [9.17, 15) is 10.5 Å². The standard InChI is InChI=1S/C23H14N4S/c24-14-16-12-20(26-9-3-1-6-18(16)26)23(22-8-5-11-28-22)21-13-17(15-25)19-7-2-4-10-27(19)21/h1-13,23H. The van der Waals surface area contributed by atoms with Gasteiger partial charge in [-0.1, -0.05) is 18.2 Å². The lowest BCUT2D eigenvalue weighted by Gasteiger charge is -2.17. The lowest BCUT2D eigenvalue weighted by molar-refractivity contribution is 0.861. The van der Waals surface area contributed by atoms with Gasteiger partial charge in [0.1, 0.15) is 12.1 Å². The molecule has 5 aromatic rings. The molecule has 5 aromatic heterocycles. The van der Waals surface area contributed by atoms with Gasteiger partial charge in [-0.2, -0.15) is 10.5 Å². The summed E-state index contributed by atoms with van der Waals surface area (Å²) in [6.45, 7) is 0. The van der Waals surface area contributed by atoms with E-state index in [0.717, 1.165) is 22.4 Å². The van der Waals surface area contributed by atoms with E-state index in [2.05, 4.69) is 32.4 Å². The maximum Gasteiger partial charge on any atom is 0.101 e. The van der Waals surface area contributed by atoms with Gasteiger partial charge in [0.2, 0.25) is 0 Å². The van der Waals surface area contributed by atoms with Crippen molar-refractivity contribution in [3.05, 3.63) is 106 Å². The first kappa shape index (κ1) is 16.4. The summed E-state index contributed by atoms with van der Waals surface area (Å²) in [5.41, 5.74) is 5.12. The summed E-state index contributed by atoms with van der Waals surface area (Å²) in [4.78, 5) is 1.17. The summed E-state index contributed by atoms with van der Waals surface area (Å²) in [5, 5.41) is 21.3. The van der Waals surface area contributed by atoms with Crippen molar-refractivity contribution in [3.8, 4) is 12.1 Å². The van der Waals surface area contributed by atoms with Crippen LogP contribution >= 0.6 is 11.3 Å². The normalized spacial score (nSPS) is 11.1. The number of fused-ring (bicyclic) bond motifs is 2. The fourth-order valence-electron chi connectivity index (χ4n) is 3.88. The molecular formula is C23H14N4S. The average molecular weight is 378 g/mol. The molecule has 132 valence electrons. The van der Waals surface area contributed by atoms with Crippen molar-refractivity contribution in [2.24, 2.45) is 0 Å². The summed E-state index contributed by atoms with van der Waals surface area (Å²) in [6, 6.07) is 24.5. The number of hydrogen-bond donors (Lipinski definition) is 0. The number of thiophene rings is 1. The molecule has 0 aliphatic heterocycles. The van der Waals surface area contributed by atoms with Crippen LogP contribution in [0.15, 0.2) is 78.4 Å². The average Bonchev–Trinajstić information content (AvgIpc) is 3.47. The van der Waals surface area contributed by atoms with Crippen molar-refractivity contribution < 1.29 is 0 Å². The van der Waals surface area contributed by atoms with Gasteiger partial charge in [-0.25, -0.2) is 0 Å². The van der Waals surface area contributed by atoms with Gasteiger partial charge in [0.25, 0.3) is 0 Å². The van der Waals surface area contributed by atoms with E-state index in [1.54, 1.807) is 11.3 Å². The molecule has 5 heteroatoms. The van der Waals surface area contributed by atoms with Crippen molar-refractivity contribution >= 4 is 22.4 Å². The van der Waals surface area contributed by atoms with Crippen molar-refractivity contribution in [3.63, 3.8) is 0 Å². The molecule has 0 aromatic carbocycles. The molecule has 0 unspecified atom stereocenters. The Morgan fingerprint density at radius 3 is 1.79 bits per heavy atom. The van der Waals surface area contributed by atoms with Crippen LogP contribution in [0.1, 0.15) is 33.3 Å². The van der Waals surface area contributed by atoms with E-state index < -0.39 is 0 Å². The largest absolute Gasteiger partial charge is 0.318 e. The van der Waals surface area contributed by atoms with Crippen LogP contribution in [0.2, 0.25) is 0 Å². The number of aromatic nitrogens is 2. The van der Waals surface area contributed by atoms with Gasteiger partial charge in [0.15, 0.2) is 0 Å². The topological polar surface area (TPSA) is 56.4 Å². The van der Waals surface area contributed by atoms with Crippen molar-refractivity contribution in [1.82, 2.24) is 8.80 Å². The summed E-state index contributed by atoms with van der Waals surface area (Å²) >= 11 is 1.68. The minimum absolute atomic E-state index is 0.0889. The van der Waals surface area contributed by atoms with E-state index in [4.69, 9.17) is 0 Å². The van der Waals surface area contributed by atoms with Crippen LogP contribution < -0.4 is 0 Å². The predicted octanol–water partition coefficient (Wildman–Crippen LogP) is 5.18. The molecule has 4 nitrogen and oxygen atoms in total. The van der Waals surface area contributed by atoms with Crippen LogP contribution in [0, 0.1) is 22.7 Å². The number of rotatable bonds is 3. The highest BCUT2D eigenvalue weighted by Crippen LogP contribution is 2.38. The Morgan fingerprint density at radius 2 is 1.32 bits per heavy atom. The molecule has 0 aliphatic rings. The summed E-state index contributed by atoms with van der Waals surface area (Å²) < 4.78 is 4.16. The van der Waals surface area contributed by atoms with Crippen molar-refractivity contribution in [1.29, 1.82) is 10.5 Å². The zero-order valence-corrected chi connectivity index (χ0v) is 15.6. The Bertz CT molecular complexity index is 1300. The van der Waals surface area contributed by atoms with E-state index >= 15 is 0 Å². The minimum Gasteiger partial charge on any atom is -0.318 e. The third-order valence-corrected chi connectivity index (χ3v) is 6.01. The Hall–Kier alpha value is -3.80. The van der Waals surface area contributed by atoms with Gasteiger partial charge in [-0.3, -0.25) is 0 Å². The predicted molar refractivity (Wildman–Crippen MR) is 109 cm³/mol. The third-order valence-electron chi connectivity index (χ3n) is 5.07. The summed E-state index contributed by atoms with van der Waals surface area (Å²) in [5.74, 6) is -0.0889. The molecule has 0 spiro atoms. The molecule has 0 fully saturated rings. The summed E-state index contributed by atoms with van der Waals surface area (Å²) in [7, 11) is 0. The minimum atomic E-state index is -0.0889. The van der Waals surface area contributed by atoms with Crippen molar-refractivity contribution in [2.75, 3.05) is 0 Å². The molecule has 0 amide bonds. The second kappa shape index (κ2) is 6.42. The Morgan fingerprint density at radius 1 is 0.750 bits per heavy atom. The van der Waals surface area contributed by atoms with Crippen LogP contribution in [0.5, 0.6) is 0 Å². The molecule has 0 atom stereocenters. The lowest BCUT2D eigenvalue weighted by Crippen LogP contribution is -2.07.